The van der Waals surface area contributed by atoms with Gasteiger partial charge in [0.2, 0.25) is 11.8 Å². The first kappa shape index (κ1) is 26.4. The molecule has 0 radical (unpaired) electrons. The quantitative estimate of drug-likeness (QED) is 0.274. The first-order chi connectivity index (χ1) is 16.6. The lowest BCUT2D eigenvalue weighted by Crippen LogP contribution is -2.39. The zero-order chi connectivity index (χ0) is 25.7. The van der Waals surface area contributed by atoms with E-state index in [1.54, 1.807) is 19.9 Å². The number of amides is 3. The molecule has 0 spiro atoms. The molecular weight excluding hydrogens is 455 g/mol. The molecule has 9 nitrogen and oxygen atoms in total. The Labute approximate surface area is 203 Å². The summed E-state index contributed by atoms with van der Waals surface area (Å²) in [7, 11) is 0. The van der Waals surface area contributed by atoms with Crippen LogP contribution in [0, 0.1) is 11.7 Å². The zero-order valence-electron chi connectivity index (χ0n) is 20.2. The van der Waals surface area contributed by atoms with Crippen LogP contribution in [0.3, 0.4) is 0 Å². The van der Waals surface area contributed by atoms with Crippen LogP contribution in [0.5, 0.6) is 0 Å². The summed E-state index contributed by atoms with van der Waals surface area (Å²) in [5.74, 6) is -1.77. The van der Waals surface area contributed by atoms with Gasteiger partial charge in [0.05, 0.1) is 30.1 Å². The number of carbonyl (C=O) groups is 3. The number of benzene rings is 1. The van der Waals surface area contributed by atoms with Crippen molar-refractivity contribution in [3.05, 3.63) is 46.9 Å². The van der Waals surface area contributed by atoms with E-state index in [4.69, 9.17) is 0 Å². The zero-order valence-corrected chi connectivity index (χ0v) is 20.2. The topological polar surface area (TPSA) is 140 Å². The number of rotatable bonds is 10. The van der Waals surface area contributed by atoms with Gasteiger partial charge in [0.15, 0.2) is 0 Å². The first-order valence-electron chi connectivity index (χ1n) is 11.8. The summed E-state index contributed by atoms with van der Waals surface area (Å²) < 4.78 is 13.7. The molecule has 2 aliphatic rings. The van der Waals surface area contributed by atoms with E-state index in [1.807, 2.05) is 6.92 Å². The van der Waals surface area contributed by atoms with Crippen LogP contribution >= 0.6 is 0 Å². The Kier molecular flexibility index (Phi) is 8.63. The number of carbonyl (C=O) groups excluding carboxylic acids is 3. The molecule has 2 unspecified atom stereocenters. The second-order valence-corrected chi connectivity index (χ2v) is 8.99. The molecule has 0 bridgehead atoms. The highest BCUT2D eigenvalue weighted by atomic mass is 19.1. The molecule has 1 aromatic carbocycles. The Hall–Kier alpha value is -3.24. The van der Waals surface area contributed by atoms with Crippen LogP contribution in [0.15, 0.2) is 35.5 Å². The van der Waals surface area contributed by atoms with E-state index in [-0.39, 0.29) is 49.6 Å². The number of anilines is 1. The fourth-order valence-electron chi connectivity index (χ4n) is 4.48. The van der Waals surface area contributed by atoms with Crippen molar-refractivity contribution in [2.24, 2.45) is 5.92 Å². The van der Waals surface area contributed by atoms with Crippen molar-refractivity contribution in [2.75, 3.05) is 18.4 Å². The van der Waals surface area contributed by atoms with Gasteiger partial charge in [-0.3, -0.25) is 14.4 Å². The molecule has 0 saturated heterocycles. The lowest BCUT2D eigenvalue weighted by molar-refractivity contribution is -0.124. The second-order valence-electron chi connectivity index (χ2n) is 8.99. The number of aliphatic hydroxyl groups is 2. The minimum Gasteiger partial charge on any atom is -0.393 e. The predicted octanol–water partition coefficient (Wildman–Crippen LogP) is 1.19. The number of hydrogen-bond donors (Lipinski definition) is 6. The Balaban J connectivity index is 1.58. The van der Waals surface area contributed by atoms with Gasteiger partial charge in [0, 0.05) is 36.1 Å². The maximum absolute atomic E-state index is 13.7. The van der Waals surface area contributed by atoms with Crippen molar-refractivity contribution in [3.8, 4) is 0 Å². The van der Waals surface area contributed by atoms with E-state index in [0.29, 0.717) is 29.1 Å². The summed E-state index contributed by atoms with van der Waals surface area (Å²) in [5, 5.41) is 31.4. The summed E-state index contributed by atoms with van der Waals surface area (Å²) in [6, 6.07) is 3.86. The highest BCUT2D eigenvalue weighted by Crippen LogP contribution is 2.35. The average Bonchev–Trinajstić information content (AvgIpc) is 3.22. The summed E-state index contributed by atoms with van der Waals surface area (Å²) >= 11 is 0. The molecule has 0 saturated carbocycles. The lowest BCUT2D eigenvalue weighted by Gasteiger charge is -2.19. The van der Waals surface area contributed by atoms with E-state index in [1.165, 1.54) is 18.2 Å². The second kappa shape index (κ2) is 11.5. The van der Waals surface area contributed by atoms with Gasteiger partial charge in [-0.05, 0) is 63.5 Å². The molecule has 0 aliphatic carbocycles. The summed E-state index contributed by atoms with van der Waals surface area (Å²) in [6.07, 6.45) is -0.000530. The third-order valence-corrected chi connectivity index (χ3v) is 6.23. The number of nitrogens with one attached hydrogen (secondary N) is 4. The van der Waals surface area contributed by atoms with Gasteiger partial charge in [0.25, 0.3) is 5.91 Å². The van der Waals surface area contributed by atoms with Crippen molar-refractivity contribution in [2.45, 2.75) is 58.3 Å². The van der Waals surface area contributed by atoms with Crippen molar-refractivity contribution in [1.29, 1.82) is 0 Å². The van der Waals surface area contributed by atoms with Crippen LogP contribution in [0.1, 0.15) is 45.6 Å². The molecular formula is C25H33FN4O5. The molecule has 2 heterocycles. The lowest BCUT2D eigenvalue weighted by atomic mass is 9.94. The largest absolute Gasteiger partial charge is 0.393 e. The molecule has 2 aliphatic heterocycles. The molecule has 3 rings (SSSR count). The Bertz CT molecular complexity index is 1050. The molecule has 1 aromatic rings. The van der Waals surface area contributed by atoms with Gasteiger partial charge >= 0.3 is 0 Å². The molecule has 0 fully saturated rings. The standard InChI is InChI=1S/C25H33FN4O5/c1-4-27-22(33)11-17(32)10-16(31)7-8-28-25(35)23-13(2)21(29-14(23)3)12-19-18-9-15(26)5-6-20(18)30-24(19)34/h5-6,9,12,14,16-17,23,29,31-32H,4,7-8,10-11H2,1-3H3,(H,27,33)(H,28,35)(H,30,34)/b19-12-/t14?,16-,17-,23?/m1/s1. The smallest absolute Gasteiger partial charge is 0.256 e. The number of aliphatic hydroxyl groups excluding tert-OH is 2. The third kappa shape index (κ3) is 6.46. The summed E-state index contributed by atoms with van der Waals surface area (Å²) in [4.78, 5) is 36.8. The van der Waals surface area contributed by atoms with Gasteiger partial charge < -0.3 is 31.5 Å². The highest BCUT2D eigenvalue weighted by Gasteiger charge is 2.35. The van der Waals surface area contributed by atoms with Crippen LogP contribution < -0.4 is 21.3 Å². The van der Waals surface area contributed by atoms with Crippen molar-refractivity contribution in [3.63, 3.8) is 0 Å². The van der Waals surface area contributed by atoms with Crippen molar-refractivity contribution < 1.29 is 29.0 Å². The van der Waals surface area contributed by atoms with Gasteiger partial charge in [0.1, 0.15) is 5.82 Å². The Morgan fingerprint density at radius 1 is 1.23 bits per heavy atom. The fourth-order valence-corrected chi connectivity index (χ4v) is 4.48. The number of allylic oxidation sites excluding steroid dienone is 1. The predicted molar refractivity (Wildman–Crippen MR) is 129 cm³/mol. The Morgan fingerprint density at radius 2 is 1.97 bits per heavy atom. The van der Waals surface area contributed by atoms with E-state index in [9.17, 15) is 29.0 Å². The van der Waals surface area contributed by atoms with Gasteiger partial charge in [-0.1, -0.05) is 0 Å². The van der Waals surface area contributed by atoms with Gasteiger partial charge in [-0.2, -0.15) is 0 Å². The fraction of sp³-hybridized carbons (Fsp3) is 0.480. The van der Waals surface area contributed by atoms with E-state index in [0.717, 1.165) is 5.57 Å². The molecule has 4 atom stereocenters. The minimum atomic E-state index is -0.960. The monoisotopic (exact) mass is 488 g/mol. The maximum Gasteiger partial charge on any atom is 0.256 e. The normalized spacial score (nSPS) is 21.9. The van der Waals surface area contributed by atoms with E-state index < -0.39 is 23.9 Å². The first-order valence-corrected chi connectivity index (χ1v) is 11.8. The number of halogens is 1. The van der Waals surface area contributed by atoms with Crippen LogP contribution in [0.25, 0.3) is 5.57 Å². The maximum atomic E-state index is 13.7. The van der Waals surface area contributed by atoms with Gasteiger partial charge in [-0.25, -0.2) is 4.39 Å². The van der Waals surface area contributed by atoms with Crippen LogP contribution in [0.2, 0.25) is 0 Å². The molecule has 0 aromatic heterocycles. The minimum absolute atomic E-state index is 0.0369. The molecule has 3 amide bonds. The number of hydrogen-bond acceptors (Lipinski definition) is 6. The van der Waals surface area contributed by atoms with Crippen LogP contribution in [0.4, 0.5) is 10.1 Å². The van der Waals surface area contributed by atoms with E-state index >= 15 is 0 Å². The number of fused-ring (bicyclic) bond motifs is 1. The third-order valence-electron chi connectivity index (χ3n) is 6.23. The van der Waals surface area contributed by atoms with Crippen molar-refractivity contribution in [1.82, 2.24) is 16.0 Å². The summed E-state index contributed by atoms with van der Waals surface area (Å²) in [5.41, 5.74) is 2.72. The molecule has 6 N–H and O–H groups in total. The highest BCUT2D eigenvalue weighted by molar-refractivity contribution is 6.31. The van der Waals surface area contributed by atoms with E-state index in [2.05, 4.69) is 21.3 Å². The molecule has 35 heavy (non-hydrogen) atoms. The molecule has 190 valence electrons. The average molecular weight is 489 g/mol. The Morgan fingerprint density at radius 3 is 2.69 bits per heavy atom. The summed E-state index contributed by atoms with van der Waals surface area (Å²) in [6.45, 7) is 6.12. The molecule has 10 heteroatoms. The van der Waals surface area contributed by atoms with Gasteiger partial charge in [-0.15, -0.1) is 0 Å². The van der Waals surface area contributed by atoms with Crippen molar-refractivity contribution >= 4 is 29.0 Å². The van der Waals surface area contributed by atoms with Crippen LogP contribution in [-0.4, -0.2) is 59.3 Å². The van der Waals surface area contributed by atoms with Crippen LogP contribution in [-0.2, 0) is 14.4 Å². The SMILES string of the molecule is CCNC(=O)C[C@H](O)C[C@H](O)CCNC(=O)C1C(C)=C(/C=C2\C(=O)Nc3ccc(F)cc32)NC1C.